The van der Waals surface area contributed by atoms with E-state index in [4.69, 9.17) is 9.47 Å². The number of ether oxygens (including phenoxy) is 2. The lowest BCUT2D eigenvalue weighted by Crippen LogP contribution is -2.35. The normalized spacial score (nSPS) is 16.7. The molecule has 2 amide bonds. The Morgan fingerprint density at radius 2 is 1.88 bits per heavy atom. The fourth-order valence-electron chi connectivity index (χ4n) is 2.06. The Morgan fingerprint density at radius 1 is 1.23 bits per heavy atom. The molecule has 0 N–H and O–H groups in total. The Kier molecular flexibility index (Phi) is 6.57. The van der Waals surface area contributed by atoms with Crippen molar-refractivity contribution < 1.29 is 28.7 Å². The highest BCUT2D eigenvalue weighted by Gasteiger charge is 2.36. The third-order valence-electron chi connectivity index (χ3n) is 3.51. The van der Waals surface area contributed by atoms with Gasteiger partial charge in [-0.15, -0.1) is 0 Å². The maximum Gasteiger partial charge on any atom is 0.326 e. The van der Waals surface area contributed by atoms with Crippen LogP contribution in [-0.4, -0.2) is 40.6 Å². The van der Waals surface area contributed by atoms with Crippen molar-refractivity contribution in [3.63, 3.8) is 0 Å². The molecule has 2 rings (SSSR count). The van der Waals surface area contributed by atoms with Crippen LogP contribution in [0.5, 0.6) is 5.75 Å². The Morgan fingerprint density at radius 3 is 2.46 bits per heavy atom. The van der Waals surface area contributed by atoms with E-state index in [-0.39, 0.29) is 11.0 Å². The molecular formula is C18H19NO6S. The van der Waals surface area contributed by atoms with Crippen LogP contribution in [-0.2, 0) is 19.1 Å². The minimum absolute atomic E-state index is 0.214. The standard InChI is InChI=1S/C18H19NO6S/c1-4-11(2)24-16(21)10-19-17(22)15(26-18(19)23)9-13-5-7-14(8-6-13)25-12(3)20/h5-9,11H,4,10H2,1-3H3/b15-9+/t11-/m1/s1. The van der Waals surface area contributed by atoms with Gasteiger partial charge in [0.2, 0.25) is 0 Å². The number of hydrogen-bond acceptors (Lipinski definition) is 7. The number of carbonyl (C=O) groups excluding carboxylic acids is 4. The van der Waals surface area contributed by atoms with Crippen molar-refractivity contribution in [3.8, 4) is 5.75 Å². The summed E-state index contributed by atoms with van der Waals surface area (Å²) in [7, 11) is 0. The van der Waals surface area contributed by atoms with Gasteiger partial charge in [-0.25, -0.2) is 0 Å². The maximum atomic E-state index is 12.4. The van der Waals surface area contributed by atoms with Crippen LogP contribution in [0.4, 0.5) is 4.79 Å². The zero-order valence-electron chi connectivity index (χ0n) is 14.7. The molecule has 1 saturated heterocycles. The summed E-state index contributed by atoms with van der Waals surface area (Å²) >= 11 is 0.764. The largest absolute Gasteiger partial charge is 0.461 e. The van der Waals surface area contributed by atoms with Crippen LogP contribution in [0.1, 0.15) is 32.8 Å². The van der Waals surface area contributed by atoms with E-state index in [2.05, 4.69) is 0 Å². The summed E-state index contributed by atoms with van der Waals surface area (Å²) in [6, 6.07) is 6.48. The minimum Gasteiger partial charge on any atom is -0.461 e. The van der Waals surface area contributed by atoms with Crippen molar-refractivity contribution in [2.45, 2.75) is 33.3 Å². The van der Waals surface area contributed by atoms with Gasteiger partial charge in [-0.05, 0) is 48.9 Å². The van der Waals surface area contributed by atoms with Crippen LogP contribution in [0, 0.1) is 0 Å². The van der Waals surface area contributed by atoms with E-state index >= 15 is 0 Å². The summed E-state index contributed by atoms with van der Waals surface area (Å²) in [5, 5.41) is -0.515. The van der Waals surface area contributed by atoms with Crippen LogP contribution in [0.2, 0.25) is 0 Å². The SMILES string of the molecule is CC[C@@H](C)OC(=O)CN1C(=O)S/C(=C/c2ccc(OC(C)=O)cc2)C1=O. The average molecular weight is 377 g/mol. The molecule has 0 saturated carbocycles. The molecule has 138 valence electrons. The van der Waals surface area contributed by atoms with E-state index in [9.17, 15) is 19.2 Å². The monoisotopic (exact) mass is 377 g/mol. The minimum atomic E-state index is -0.617. The lowest BCUT2D eigenvalue weighted by Gasteiger charge is -2.14. The zero-order valence-corrected chi connectivity index (χ0v) is 15.5. The molecule has 1 aromatic rings. The van der Waals surface area contributed by atoms with Crippen LogP contribution < -0.4 is 4.74 Å². The number of rotatable bonds is 6. The molecule has 1 atom stereocenters. The van der Waals surface area contributed by atoms with E-state index < -0.39 is 29.6 Å². The van der Waals surface area contributed by atoms with E-state index in [0.717, 1.165) is 16.7 Å². The second-order valence-corrected chi connectivity index (χ2v) is 6.63. The van der Waals surface area contributed by atoms with Gasteiger partial charge >= 0.3 is 11.9 Å². The third-order valence-corrected chi connectivity index (χ3v) is 4.42. The Hall–Kier alpha value is -2.61. The van der Waals surface area contributed by atoms with Crippen molar-refractivity contribution >= 4 is 40.9 Å². The predicted molar refractivity (Wildman–Crippen MR) is 96.3 cm³/mol. The first kappa shape index (κ1) is 19.7. The summed E-state index contributed by atoms with van der Waals surface area (Å²) in [5.74, 6) is -1.20. The number of hydrogen-bond donors (Lipinski definition) is 0. The summed E-state index contributed by atoms with van der Waals surface area (Å²) < 4.78 is 10.0. The molecule has 1 aliphatic heterocycles. The predicted octanol–water partition coefficient (Wildman–Crippen LogP) is 2.99. The molecule has 0 unspecified atom stereocenters. The summed E-state index contributed by atoms with van der Waals surface area (Å²) in [6.07, 6.45) is 1.92. The first-order valence-corrected chi connectivity index (χ1v) is 8.85. The average Bonchev–Trinajstić information content (AvgIpc) is 2.83. The molecule has 0 bridgehead atoms. The molecule has 1 aliphatic rings. The molecule has 0 radical (unpaired) electrons. The van der Waals surface area contributed by atoms with Crippen molar-refractivity contribution in [3.05, 3.63) is 34.7 Å². The van der Waals surface area contributed by atoms with E-state index in [1.165, 1.54) is 6.92 Å². The van der Waals surface area contributed by atoms with E-state index in [0.29, 0.717) is 17.7 Å². The number of thioether (sulfide) groups is 1. The molecule has 7 nitrogen and oxygen atoms in total. The molecule has 26 heavy (non-hydrogen) atoms. The Balaban J connectivity index is 2.06. The van der Waals surface area contributed by atoms with Crippen LogP contribution in [0.25, 0.3) is 6.08 Å². The van der Waals surface area contributed by atoms with E-state index in [1.807, 2.05) is 6.92 Å². The molecule has 8 heteroatoms. The molecule has 0 spiro atoms. The highest BCUT2D eigenvalue weighted by molar-refractivity contribution is 8.18. The summed E-state index contributed by atoms with van der Waals surface area (Å²) in [4.78, 5) is 48.2. The molecule has 1 fully saturated rings. The summed E-state index contributed by atoms with van der Waals surface area (Å²) in [5.41, 5.74) is 0.661. The van der Waals surface area contributed by atoms with Crippen LogP contribution in [0.3, 0.4) is 0 Å². The number of carbonyl (C=O) groups is 4. The maximum absolute atomic E-state index is 12.4. The molecule has 0 aromatic heterocycles. The van der Waals surface area contributed by atoms with Gasteiger partial charge in [0, 0.05) is 6.92 Å². The quantitative estimate of drug-likeness (QED) is 0.428. The first-order valence-electron chi connectivity index (χ1n) is 8.03. The number of amides is 2. The van der Waals surface area contributed by atoms with Gasteiger partial charge in [0.1, 0.15) is 12.3 Å². The molecule has 1 heterocycles. The van der Waals surface area contributed by atoms with Gasteiger partial charge in [0.25, 0.3) is 11.1 Å². The van der Waals surface area contributed by atoms with Gasteiger partial charge in [0.15, 0.2) is 0 Å². The van der Waals surface area contributed by atoms with Crippen molar-refractivity contribution in [1.29, 1.82) is 0 Å². The highest BCUT2D eigenvalue weighted by atomic mass is 32.2. The molecule has 0 aliphatic carbocycles. The van der Waals surface area contributed by atoms with Crippen molar-refractivity contribution in [2.24, 2.45) is 0 Å². The van der Waals surface area contributed by atoms with Gasteiger partial charge in [-0.2, -0.15) is 0 Å². The number of imide groups is 1. The van der Waals surface area contributed by atoms with Crippen molar-refractivity contribution in [1.82, 2.24) is 4.90 Å². The van der Waals surface area contributed by atoms with Gasteiger partial charge in [-0.1, -0.05) is 19.1 Å². The van der Waals surface area contributed by atoms with Crippen LogP contribution >= 0.6 is 11.8 Å². The Labute approximate surface area is 155 Å². The third kappa shape index (κ3) is 5.19. The Bertz CT molecular complexity index is 755. The van der Waals surface area contributed by atoms with Gasteiger partial charge in [0.05, 0.1) is 11.0 Å². The lowest BCUT2D eigenvalue weighted by atomic mass is 10.2. The summed E-state index contributed by atoms with van der Waals surface area (Å²) in [6.45, 7) is 4.51. The fourth-order valence-corrected chi connectivity index (χ4v) is 2.90. The van der Waals surface area contributed by atoms with E-state index in [1.54, 1.807) is 37.3 Å². The lowest BCUT2D eigenvalue weighted by molar-refractivity contribution is -0.150. The smallest absolute Gasteiger partial charge is 0.326 e. The second-order valence-electron chi connectivity index (χ2n) is 5.64. The topological polar surface area (TPSA) is 90.0 Å². The van der Waals surface area contributed by atoms with Gasteiger partial charge < -0.3 is 9.47 Å². The molecular weight excluding hydrogens is 358 g/mol. The number of esters is 2. The fraction of sp³-hybridized carbons (Fsp3) is 0.333. The highest BCUT2D eigenvalue weighted by Crippen LogP contribution is 2.32. The van der Waals surface area contributed by atoms with Gasteiger partial charge in [-0.3, -0.25) is 24.1 Å². The second kappa shape index (κ2) is 8.66. The first-order chi connectivity index (χ1) is 12.3. The number of benzene rings is 1. The number of nitrogens with zero attached hydrogens (tertiary/aromatic N) is 1. The molecule has 1 aromatic carbocycles. The van der Waals surface area contributed by atoms with Crippen molar-refractivity contribution in [2.75, 3.05) is 6.54 Å². The van der Waals surface area contributed by atoms with Crippen LogP contribution in [0.15, 0.2) is 29.2 Å². The zero-order chi connectivity index (χ0) is 19.3.